The number of pyridine rings is 1. The van der Waals surface area contributed by atoms with Crippen LogP contribution in [0.5, 0.6) is 0 Å². The minimum absolute atomic E-state index is 0.000593. The normalized spacial score (nSPS) is 10.9. The van der Waals surface area contributed by atoms with Crippen LogP contribution in [0.15, 0.2) is 77.9 Å². The van der Waals surface area contributed by atoms with Gasteiger partial charge in [0.25, 0.3) is 11.5 Å². The first-order chi connectivity index (χ1) is 18.1. The van der Waals surface area contributed by atoms with E-state index in [4.69, 9.17) is 11.5 Å². The van der Waals surface area contributed by atoms with Crippen molar-refractivity contribution in [2.75, 3.05) is 5.73 Å². The van der Waals surface area contributed by atoms with Crippen molar-refractivity contribution >= 4 is 28.1 Å². The van der Waals surface area contributed by atoms with Crippen LogP contribution in [-0.2, 0) is 6.42 Å². The number of aryl methyl sites for hydroxylation is 1. The number of nitrogens with two attached hydrogens (primary N) is 2. The predicted molar refractivity (Wildman–Crippen MR) is 151 cm³/mol. The minimum Gasteiger partial charge on any atom is -0.381 e. The fraction of sp³-hybridized carbons (Fsp3) is 0.200. The van der Waals surface area contributed by atoms with E-state index in [1.54, 1.807) is 18.5 Å². The molecule has 1 amide bonds. The Hall–Kier alpha value is -4.90. The number of nitrogen functional groups attached to an aromatic ring is 1. The van der Waals surface area contributed by atoms with Gasteiger partial charge in [-0.15, -0.1) is 5.10 Å². The summed E-state index contributed by atoms with van der Waals surface area (Å²) in [6.07, 6.45) is 3.98. The zero-order chi connectivity index (χ0) is 27.4. The number of primary amides is 1. The fourth-order valence-corrected chi connectivity index (χ4v) is 4.03. The van der Waals surface area contributed by atoms with Gasteiger partial charge in [0.1, 0.15) is 5.56 Å². The molecular formula is C30H30N6O2. The molecule has 0 saturated heterocycles. The van der Waals surface area contributed by atoms with Crippen molar-refractivity contribution in [3.05, 3.63) is 100 Å². The molecule has 0 radical (unpaired) electrons. The molecule has 3 heterocycles. The van der Waals surface area contributed by atoms with Crippen LogP contribution < -0.4 is 17.0 Å². The number of aromatic nitrogens is 4. The molecule has 5 rings (SSSR count). The Morgan fingerprint density at radius 2 is 1.79 bits per heavy atom. The summed E-state index contributed by atoms with van der Waals surface area (Å²) >= 11 is 0. The van der Waals surface area contributed by atoms with E-state index in [9.17, 15) is 9.59 Å². The standard InChI is InChI=1S/C23H23NO.C7H7N5O/c1-5-19-16-18-11-9-10-17(14-15-23(2,3)4)21(18)22(25)24(19)20-12-7-6-8-13-20;8-5-4(6(9)13)7-10-2-1-3-12(7)11-5/h6-13,16H,5H2,1-4H3;1-3H,(H2,8,11)(H2,9,13). The van der Waals surface area contributed by atoms with E-state index < -0.39 is 5.91 Å². The maximum absolute atomic E-state index is 13.3. The molecule has 0 fully saturated rings. The third kappa shape index (κ3) is 5.42. The van der Waals surface area contributed by atoms with Gasteiger partial charge in [0.05, 0.1) is 5.39 Å². The molecule has 0 unspecified atom stereocenters. The van der Waals surface area contributed by atoms with Crippen LogP contribution in [0.2, 0.25) is 0 Å². The maximum Gasteiger partial charge on any atom is 0.264 e. The second kappa shape index (κ2) is 10.6. The Balaban J connectivity index is 0.000000216. The molecule has 192 valence electrons. The summed E-state index contributed by atoms with van der Waals surface area (Å²) in [5.41, 5.74) is 13.7. The Morgan fingerprint density at radius 3 is 2.45 bits per heavy atom. The number of amides is 1. The lowest BCUT2D eigenvalue weighted by atomic mass is 9.96. The summed E-state index contributed by atoms with van der Waals surface area (Å²) in [6.45, 7) is 8.29. The summed E-state index contributed by atoms with van der Waals surface area (Å²) in [7, 11) is 0. The van der Waals surface area contributed by atoms with Crippen LogP contribution in [0.3, 0.4) is 0 Å². The van der Waals surface area contributed by atoms with E-state index >= 15 is 0 Å². The highest BCUT2D eigenvalue weighted by Crippen LogP contribution is 2.20. The lowest BCUT2D eigenvalue weighted by Crippen LogP contribution is -2.22. The van der Waals surface area contributed by atoms with Gasteiger partial charge in [-0.2, -0.15) is 0 Å². The van der Waals surface area contributed by atoms with Crippen LogP contribution in [0.4, 0.5) is 5.82 Å². The lowest BCUT2D eigenvalue weighted by molar-refractivity contribution is 0.100. The Kier molecular flexibility index (Phi) is 7.31. The molecule has 8 heteroatoms. The third-order valence-corrected chi connectivity index (χ3v) is 5.74. The van der Waals surface area contributed by atoms with Crippen molar-refractivity contribution in [1.82, 2.24) is 19.2 Å². The number of carbonyl (C=O) groups excluding carboxylic acids is 1. The number of benzene rings is 2. The highest BCUT2D eigenvalue weighted by atomic mass is 16.1. The molecule has 38 heavy (non-hydrogen) atoms. The van der Waals surface area contributed by atoms with Gasteiger partial charge in [-0.05, 0) is 62.9 Å². The molecule has 0 bridgehead atoms. The maximum atomic E-state index is 13.3. The van der Waals surface area contributed by atoms with Gasteiger partial charge in [-0.25, -0.2) is 9.50 Å². The monoisotopic (exact) mass is 506 g/mol. The zero-order valence-corrected chi connectivity index (χ0v) is 21.9. The van der Waals surface area contributed by atoms with Crippen LogP contribution in [0.25, 0.3) is 22.1 Å². The van der Waals surface area contributed by atoms with Crippen LogP contribution in [-0.4, -0.2) is 25.1 Å². The van der Waals surface area contributed by atoms with E-state index in [1.807, 2.05) is 53.1 Å². The lowest BCUT2D eigenvalue weighted by Gasteiger charge is -2.14. The summed E-state index contributed by atoms with van der Waals surface area (Å²) < 4.78 is 3.22. The molecule has 0 saturated carbocycles. The SMILES string of the molecule is CCc1cc2cccc(C#CC(C)(C)C)c2c(=O)n1-c1ccccc1.NC(=O)c1c(N)nn2cccnc12. The van der Waals surface area contributed by atoms with Crippen molar-refractivity contribution in [2.24, 2.45) is 11.1 Å². The van der Waals surface area contributed by atoms with Gasteiger partial charge < -0.3 is 11.5 Å². The highest BCUT2D eigenvalue weighted by molar-refractivity contribution is 6.03. The third-order valence-electron chi connectivity index (χ3n) is 5.74. The summed E-state index contributed by atoms with van der Waals surface area (Å²) in [6, 6.07) is 19.5. The van der Waals surface area contributed by atoms with Gasteiger partial charge in [-0.1, -0.05) is 49.1 Å². The second-order valence-corrected chi connectivity index (χ2v) is 9.75. The number of fused-ring (bicyclic) bond motifs is 2. The van der Waals surface area contributed by atoms with Crippen LogP contribution >= 0.6 is 0 Å². The van der Waals surface area contributed by atoms with Gasteiger partial charge in [0.15, 0.2) is 11.5 Å². The van der Waals surface area contributed by atoms with Crippen molar-refractivity contribution in [3.63, 3.8) is 0 Å². The molecule has 5 aromatic rings. The van der Waals surface area contributed by atoms with Crippen LogP contribution in [0, 0.1) is 17.3 Å². The number of rotatable bonds is 3. The molecular weight excluding hydrogens is 476 g/mol. The topological polar surface area (TPSA) is 121 Å². The van der Waals surface area contributed by atoms with Crippen molar-refractivity contribution < 1.29 is 4.79 Å². The number of para-hydroxylation sites is 1. The van der Waals surface area contributed by atoms with Crippen molar-refractivity contribution in [2.45, 2.75) is 34.1 Å². The highest BCUT2D eigenvalue weighted by Gasteiger charge is 2.15. The fourth-order valence-electron chi connectivity index (χ4n) is 4.03. The molecule has 8 nitrogen and oxygen atoms in total. The Labute approximate surface area is 220 Å². The summed E-state index contributed by atoms with van der Waals surface area (Å²) in [5.74, 6) is 5.95. The quantitative estimate of drug-likeness (QED) is 0.352. The van der Waals surface area contributed by atoms with Crippen LogP contribution in [0.1, 0.15) is 49.3 Å². The van der Waals surface area contributed by atoms with E-state index in [1.165, 1.54) is 4.52 Å². The Bertz CT molecular complexity index is 1750. The Morgan fingerprint density at radius 1 is 1.05 bits per heavy atom. The molecule has 0 atom stereocenters. The van der Waals surface area contributed by atoms with Crippen molar-refractivity contribution in [1.29, 1.82) is 0 Å². The average Bonchev–Trinajstić information content (AvgIpc) is 3.23. The number of anilines is 1. The number of hydrogen-bond acceptors (Lipinski definition) is 5. The molecule has 3 aromatic heterocycles. The van der Waals surface area contributed by atoms with Gasteiger partial charge in [0.2, 0.25) is 0 Å². The molecule has 2 aromatic carbocycles. The van der Waals surface area contributed by atoms with Gasteiger partial charge >= 0.3 is 0 Å². The van der Waals surface area contributed by atoms with Crippen molar-refractivity contribution in [3.8, 4) is 17.5 Å². The van der Waals surface area contributed by atoms with E-state index in [-0.39, 0.29) is 22.4 Å². The first kappa shape index (κ1) is 26.2. The summed E-state index contributed by atoms with van der Waals surface area (Å²) in [5, 5.41) is 5.51. The number of nitrogens with zero attached hydrogens (tertiary/aromatic N) is 4. The molecule has 0 aliphatic heterocycles. The number of carbonyl (C=O) groups is 1. The minimum atomic E-state index is -0.619. The van der Waals surface area contributed by atoms with E-state index in [2.05, 4.69) is 55.7 Å². The smallest absolute Gasteiger partial charge is 0.264 e. The average molecular weight is 507 g/mol. The second-order valence-electron chi connectivity index (χ2n) is 9.75. The molecule has 0 aliphatic rings. The molecule has 0 spiro atoms. The molecule has 0 aliphatic carbocycles. The van der Waals surface area contributed by atoms with E-state index in [0.717, 1.165) is 28.8 Å². The van der Waals surface area contributed by atoms with Gasteiger partial charge in [-0.3, -0.25) is 14.2 Å². The zero-order valence-electron chi connectivity index (χ0n) is 21.9. The molecule has 4 N–H and O–H groups in total. The largest absolute Gasteiger partial charge is 0.381 e. The summed E-state index contributed by atoms with van der Waals surface area (Å²) in [4.78, 5) is 28.2. The van der Waals surface area contributed by atoms with Gasteiger partial charge in [0, 0.05) is 34.8 Å². The van der Waals surface area contributed by atoms with E-state index in [0.29, 0.717) is 11.0 Å². The predicted octanol–water partition coefficient (Wildman–Crippen LogP) is 4.36. The first-order valence-electron chi connectivity index (χ1n) is 12.3. The first-order valence-corrected chi connectivity index (χ1v) is 12.3. The number of hydrogen-bond donors (Lipinski definition) is 2.